The van der Waals surface area contributed by atoms with Gasteiger partial charge in [-0.1, -0.05) is 55.8 Å². The van der Waals surface area contributed by atoms with Crippen LogP contribution in [0.4, 0.5) is 0 Å². The summed E-state index contributed by atoms with van der Waals surface area (Å²) in [6.45, 7) is 13.5. The lowest BCUT2D eigenvalue weighted by Gasteiger charge is -2.34. The number of hydrogen-bond donors (Lipinski definition) is 0. The third kappa shape index (κ3) is 7.66. The predicted octanol–water partition coefficient (Wildman–Crippen LogP) is 5.81. The van der Waals surface area contributed by atoms with Crippen LogP contribution >= 0.6 is 36.4 Å². The Balaban J connectivity index is 0.00000210. The van der Waals surface area contributed by atoms with E-state index in [0.717, 1.165) is 56.6 Å². The fraction of sp³-hybridized carbons (Fsp3) is 0.478. The Morgan fingerprint density at radius 2 is 1.62 bits per heavy atom. The van der Waals surface area contributed by atoms with Crippen LogP contribution in [0, 0.1) is 6.92 Å². The number of piperazine rings is 1. The van der Waals surface area contributed by atoms with Gasteiger partial charge >= 0.3 is 0 Å². The number of rotatable bonds is 7. The second-order valence-corrected chi connectivity index (χ2v) is 8.16. The molecule has 1 aliphatic rings. The quantitative estimate of drug-likeness (QED) is 0.519. The zero-order valence-corrected chi connectivity index (χ0v) is 20.0. The van der Waals surface area contributed by atoms with Gasteiger partial charge in [0.05, 0.1) is 0 Å². The molecule has 0 bridgehead atoms. The molecule has 162 valence electrons. The molecule has 2 aromatic rings. The highest BCUT2D eigenvalue weighted by Crippen LogP contribution is 2.27. The normalized spacial score (nSPS) is 14.9. The molecule has 3 nitrogen and oxygen atoms in total. The van der Waals surface area contributed by atoms with E-state index in [1.165, 1.54) is 16.7 Å². The number of nitrogens with zero attached hydrogens (tertiary/aromatic N) is 2. The third-order valence-electron chi connectivity index (χ3n) is 5.27. The molecule has 1 fully saturated rings. The zero-order valence-electron chi connectivity index (χ0n) is 17.6. The minimum Gasteiger partial charge on any atom is -0.492 e. The van der Waals surface area contributed by atoms with E-state index in [0.29, 0.717) is 5.92 Å². The number of halogens is 3. The van der Waals surface area contributed by atoms with Crippen LogP contribution in [-0.2, 0) is 6.54 Å². The first-order valence-corrected chi connectivity index (χ1v) is 10.3. The lowest BCUT2D eigenvalue weighted by Crippen LogP contribution is -2.47. The van der Waals surface area contributed by atoms with Gasteiger partial charge < -0.3 is 4.74 Å². The summed E-state index contributed by atoms with van der Waals surface area (Å²) in [5, 5.41) is 0.868. The highest BCUT2D eigenvalue weighted by atomic mass is 35.5. The van der Waals surface area contributed by atoms with Gasteiger partial charge in [0.1, 0.15) is 12.4 Å². The summed E-state index contributed by atoms with van der Waals surface area (Å²) in [6, 6.07) is 14.7. The van der Waals surface area contributed by atoms with E-state index in [2.05, 4.69) is 60.9 Å². The largest absolute Gasteiger partial charge is 0.492 e. The van der Waals surface area contributed by atoms with Gasteiger partial charge in [0.2, 0.25) is 0 Å². The third-order valence-corrected chi connectivity index (χ3v) is 5.64. The Labute approximate surface area is 193 Å². The molecular formula is C23H33Cl3N2O. The summed E-state index contributed by atoms with van der Waals surface area (Å²) in [4.78, 5) is 4.98. The van der Waals surface area contributed by atoms with Crippen molar-refractivity contribution < 1.29 is 4.74 Å². The number of aryl methyl sites for hydroxylation is 1. The Kier molecular flexibility index (Phi) is 11.4. The lowest BCUT2D eigenvalue weighted by molar-refractivity contribution is 0.112. The van der Waals surface area contributed by atoms with Gasteiger partial charge in [-0.15, -0.1) is 24.8 Å². The van der Waals surface area contributed by atoms with E-state index in [1.54, 1.807) is 0 Å². The maximum absolute atomic E-state index is 6.29. The molecule has 0 saturated carbocycles. The van der Waals surface area contributed by atoms with E-state index in [1.807, 2.05) is 12.1 Å². The molecular weight excluding hydrogens is 427 g/mol. The van der Waals surface area contributed by atoms with Gasteiger partial charge in [-0.2, -0.15) is 0 Å². The first-order chi connectivity index (χ1) is 13.0. The highest BCUT2D eigenvalue weighted by molar-refractivity contribution is 6.31. The summed E-state index contributed by atoms with van der Waals surface area (Å²) >= 11 is 6.29. The standard InChI is InChI=1S/C23H31ClN2O.2ClH/c1-18(2)21-9-8-19(3)16-23(21)27-15-14-25-10-12-26(13-11-25)17-20-6-4-5-7-22(20)24;;/h4-9,16,18H,10-15,17H2,1-3H3;2*1H. The first-order valence-electron chi connectivity index (χ1n) is 9.94. The number of hydrogen-bond acceptors (Lipinski definition) is 3. The number of ether oxygens (including phenoxy) is 1. The molecule has 1 heterocycles. The summed E-state index contributed by atoms with van der Waals surface area (Å²) in [5.74, 6) is 1.52. The minimum atomic E-state index is 0. The molecule has 2 aromatic carbocycles. The van der Waals surface area contributed by atoms with E-state index >= 15 is 0 Å². The van der Waals surface area contributed by atoms with Crippen LogP contribution in [0.15, 0.2) is 42.5 Å². The SMILES string of the molecule is Cc1ccc(C(C)C)c(OCCN2CCN(Cc3ccccc3Cl)CC2)c1.Cl.Cl. The molecule has 0 atom stereocenters. The average molecular weight is 460 g/mol. The fourth-order valence-corrected chi connectivity index (χ4v) is 3.76. The van der Waals surface area contributed by atoms with Crippen molar-refractivity contribution in [2.45, 2.75) is 33.2 Å². The van der Waals surface area contributed by atoms with Crippen LogP contribution in [-0.4, -0.2) is 49.1 Å². The lowest BCUT2D eigenvalue weighted by atomic mass is 10.0. The summed E-state index contributed by atoms with van der Waals surface area (Å²) in [5.41, 5.74) is 3.77. The molecule has 1 saturated heterocycles. The maximum atomic E-state index is 6.29. The highest BCUT2D eigenvalue weighted by Gasteiger charge is 2.18. The van der Waals surface area contributed by atoms with E-state index in [-0.39, 0.29) is 24.8 Å². The average Bonchev–Trinajstić information content (AvgIpc) is 2.65. The molecule has 1 aliphatic heterocycles. The molecule has 0 radical (unpaired) electrons. The van der Waals surface area contributed by atoms with Crippen LogP contribution in [0.2, 0.25) is 5.02 Å². The minimum absolute atomic E-state index is 0. The summed E-state index contributed by atoms with van der Waals surface area (Å²) in [7, 11) is 0. The molecule has 29 heavy (non-hydrogen) atoms. The number of benzene rings is 2. The van der Waals surface area contributed by atoms with Crippen molar-refractivity contribution in [3.8, 4) is 5.75 Å². The molecule has 0 spiro atoms. The van der Waals surface area contributed by atoms with Gasteiger partial charge in [0.15, 0.2) is 0 Å². The topological polar surface area (TPSA) is 15.7 Å². The second kappa shape index (κ2) is 12.7. The van der Waals surface area contributed by atoms with Gasteiger partial charge in [-0.25, -0.2) is 0 Å². The molecule has 0 amide bonds. The smallest absolute Gasteiger partial charge is 0.123 e. The Hall–Kier alpha value is -0.970. The Morgan fingerprint density at radius 3 is 2.28 bits per heavy atom. The first kappa shape index (κ1) is 26.1. The zero-order chi connectivity index (χ0) is 19.2. The summed E-state index contributed by atoms with van der Waals surface area (Å²) in [6.07, 6.45) is 0. The van der Waals surface area contributed by atoms with Crippen LogP contribution in [0.5, 0.6) is 5.75 Å². The van der Waals surface area contributed by atoms with Gasteiger partial charge in [0.25, 0.3) is 0 Å². The van der Waals surface area contributed by atoms with Crippen molar-refractivity contribution in [3.05, 3.63) is 64.2 Å². The van der Waals surface area contributed by atoms with Gasteiger partial charge in [-0.05, 0) is 41.7 Å². The van der Waals surface area contributed by atoms with Crippen LogP contribution < -0.4 is 4.74 Å². The van der Waals surface area contributed by atoms with Gasteiger partial charge in [0, 0.05) is 44.3 Å². The molecule has 0 N–H and O–H groups in total. The van der Waals surface area contributed by atoms with E-state index in [9.17, 15) is 0 Å². The van der Waals surface area contributed by atoms with Gasteiger partial charge in [-0.3, -0.25) is 9.80 Å². The Morgan fingerprint density at radius 1 is 0.966 bits per heavy atom. The Bertz CT molecular complexity index is 747. The molecule has 6 heteroatoms. The van der Waals surface area contributed by atoms with Crippen LogP contribution in [0.1, 0.15) is 36.5 Å². The van der Waals surface area contributed by atoms with Crippen molar-refractivity contribution >= 4 is 36.4 Å². The monoisotopic (exact) mass is 458 g/mol. The van der Waals surface area contributed by atoms with Crippen LogP contribution in [0.3, 0.4) is 0 Å². The summed E-state index contributed by atoms with van der Waals surface area (Å²) < 4.78 is 6.15. The molecule has 0 unspecified atom stereocenters. The molecule has 0 aliphatic carbocycles. The van der Waals surface area contributed by atoms with Crippen molar-refractivity contribution in [3.63, 3.8) is 0 Å². The molecule has 3 rings (SSSR count). The van der Waals surface area contributed by atoms with E-state index in [4.69, 9.17) is 16.3 Å². The molecule has 0 aromatic heterocycles. The maximum Gasteiger partial charge on any atom is 0.123 e. The van der Waals surface area contributed by atoms with Crippen molar-refractivity contribution in [2.75, 3.05) is 39.3 Å². The van der Waals surface area contributed by atoms with Crippen molar-refractivity contribution in [2.24, 2.45) is 0 Å². The van der Waals surface area contributed by atoms with Crippen LogP contribution in [0.25, 0.3) is 0 Å². The van der Waals surface area contributed by atoms with E-state index < -0.39 is 0 Å². The fourth-order valence-electron chi connectivity index (χ4n) is 3.57. The van der Waals surface area contributed by atoms with Crippen molar-refractivity contribution in [1.29, 1.82) is 0 Å². The van der Waals surface area contributed by atoms with Crippen molar-refractivity contribution in [1.82, 2.24) is 9.80 Å². The second-order valence-electron chi connectivity index (χ2n) is 7.75. The predicted molar refractivity (Wildman–Crippen MR) is 128 cm³/mol.